The lowest BCUT2D eigenvalue weighted by Gasteiger charge is -2.24. The minimum absolute atomic E-state index is 0.178. The fourth-order valence-corrected chi connectivity index (χ4v) is 3.09. The normalized spacial score (nSPS) is 18.6. The minimum Gasteiger partial charge on any atom is -0.480 e. The Morgan fingerprint density at radius 2 is 1.96 bits per heavy atom. The number of aliphatic carboxylic acids is 1. The average Bonchev–Trinajstić information content (AvgIpc) is 3.14. The van der Waals surface area contributed by atoms with Crippen molar-refractivity contribution >= 4 is 17.9 Å². The minimum atomic E-state index is -1.03. The van der Waals surface area contributed by atoms with Crippen molar-refractivity contribution in [1.82, 2.24) is 9.88 Å². The first-order chi connectivity index (χ1) is 13.6. The lowest BCUT2D eigenvalue weighted by atomic mass is 10.2. The van der Waals surface area contributed by atoms with Gasteiger partial charge in [0.25, 0.3) is 0 Å². The van der Waals surface area contributed by atoms with Crippen molar-refractivity contribution in [2.75, 3.05) is 25.0 Å². The maximum atomic E-state index is 12.6. The van der Waals surface area contributed by atoms with Crippen molar-refractivity contribution in [3.63, 3.8) is 0 Å². The summed E-state index contributed by atoms with van der Waals surface area (Å²) >= 11 is 0. The van der Waals surface area contributed by atoms with Crippen LogP contribution >= 0.6 is 0 Å². The van der Waals surface area contributed by atoms with Crippen LogP contribution in [0.2, 0.25) is 0 Å². The number of hydrogen-bond acceptors (Lipinski definition) is 6. The van der Waals surface area contributed by atoms with E-state index in [1.54, 1.807) is 11.1 Å². The number of carbonyl (C=O) groups is 2. The molecule has 0 aliphatic carbocycles. The first-order valence-corrected chi connectivity index (χ1v) is 9.07. The van der Waals surface area contributed by atoms with Crippen molar-refractivity contribution in [3.8, 4) is 0 Å². The van der Waals surface area contributed by atoms with E-state index < -0.39 is 18.7 Å². The maximum absolute atomic E-state index is 12.6. The molecule has 28 heavy (non-hydrogen) atoms. The third kappa shape index (κ3) is 5.68. The number of amides is 1. The van der Waals surface area contributed by atoms with Gasteiger partial charge in [-0.05, 0) is 24.1 Å². The second-order valence-corrected chi connectivity index (χ2v) is 6.50. The molecule has 8 nitrogen and oxygen atoms in total. The molecule has 148 valence electrons. The van der Waals surface area contributed by atoms with Crippen LogP contribution in [0.5, 0.6) is 0 Å². The van der Waals surface area contributed by atoms with E-state index in [2.05, 4.69) is 10.3 Å². The summed E-state index contributed by atoms with van der Waals surface area (Å²) in [4.78, 5) is 29.2. The van der Waals surface area contributed by atoms with Crippen LogP contribution in [0, 0.1) is 0 Å². The van der Waals surface area contributed by atoms with Gasteiger partial charge in [-0.1, -0.05) is 36.4 Å². The molecule has 1 aliphatic rings. The number of nitrogens with zero attached hydrogens (tertiary/aromatic N) is 2. The summed E-state index contributed by atoms with van der Waals surface area (Å²) in [5, 5.41) is 12.0. The first kappa shape index (κ1) is 19.6. The monoisotopic (exact) mass is 385 g/mol. The molecule has 0 radical (unpaired) electrons. The Balaban J connectivity index is 1.59. The first-order valence-electron chi connectivity index (χ1n) is 9.07. The molecule has 1 saturated heterocycles. The smallest absolute Gasteiger partial charge is 0.410 e. The third-order valence-corrected chi connectivity index (χ3v) is 4.44. The molecule has 1 fully saturated rings. The second kappa shape index (κ2) is 9.70. The van der Waals surface area contributed by atoms with Crippen molar-refractivity contribution in [1.29, 1.82) is 0 Å². The van der Waals surface area contributed by atoms with Crippen LogP contribution in [0.15, 0.2) is 54.7 Å². The van der Waals surface area contributed by atoms with E-state index >= 15 is 0 Å². The summed E-state index contributed by atoms with van der Waals surface area (Å²) in [6, 6.07) is 14.8. The highest BCUT2D eigenvalue weighted by Gasteiger charge is 2.37. The summed E-state index contributed by atoms with van der Waals surface area (Å²) in [6.45, 7) is 0.537. The van der Waals surface area contributed by atoms with E-state index in [4.69, 9.17) is 14.6 Å². The van der Waals surface area contributed by atoms with Crippen LogP contribution in [0.3, 0.4) is 0 Å². The summed E-state index contributed by atoms with van der Waals surface area (Å²) < 4.78 is 10.8. The van der Waals surface area contributed by atoms with E-state index in [-0.39, 0.29) is 25.3 Å². The van der Waals surface area contributed by atoms with Gasteiger partial charge in [0.05, 0.1) is 18.7 Å². The number of carboxylic acids is 1. The van der Waals surface area contributed by atoms with E-state index in [9.17, 15) is 9.59 Å². The molecule has 1 aromatic heterocycles. The van der Waals surface area contributed by atoms with Crippen LogP contribution in [0.1, 0.15) is 12.0 Å². The van der Waals surface area contributed by atoms with Gasteiger partial charge in [-0.15, -0.1) is 0 Å². The standard InChI is InChI=1S/C20H23N3O5/c24-19(25)14-27-17-10-16(11-22-18-8-4-5-9-21-18)23(12-17)20(26)28-13-15-6-2-1-3-7-15/h1-9,16-17H,10-14H2,(H,21,22)(H,24,25)/t16-,17?/m1/s1. The number of nitrogens with one attached hydrogen (secondary N) is 1. The summed E-state index contributed by atoms with van der Waals surface area (Å²) in [7, 11) is 0. The van der Waals surface area contributed by atoms with Crippen LogP contribution in [-0.4, -0.2) is 58.9 Å². The number of benzene rings is 1. The Bertz CT molecular complexity index is 772. The molecular weight excluding hydrogens is 362 g/mol. The lowest BCUT2D eigenvalue weighted by Crippen LogP contribution is -2.40. The number of pyridine rings is 1. The molecule has 0 saturated carbocycles. The number of aromatic nitrogens is 1. The molecule has 2 heterocycles. The molecule has 1 aromatic carbocycles. The molecule has 2 N–H and O–H groups in total. The molecule has 2 atom stereocenters. The van der Waals surface area contributed by atoms with E-state index in [1.165, 1.54) is 0 Å². The highest BCUT2D eigenvalue weighted by Crippen LogP contribution is 2.22. The van der Waals surface area contributed by atoms with Gasteiger partial charge in [0.1, 0.15) is 19.0 Å². The van der Waals surface area contributed by atoms with Crippen molar-refractivity contribution in [3.05, 3.63) is 60.3 Å². The topological polar surface area (TPSA) is 101 Å². The maximum Gasteiger partial charge on any atom is 0.410 e. The highest BCUT2D eigenvalue weighted by atomic mass is 16.6. The SMILES string of the molecule is O=C(O)COC1C[C@H](CNc2ccccn2)N(C(=O)OCc2ccccc2)C1. The molecule has 0 spiro atoms. The lowest BCUT2D eigenvalue weighted by molar-refractivity contribution is -0.144. The van der Waals surface area contributed by atoms with Crippen LogP contribution in [0.25, 0.3) is 0 Å². The average molecular weight is 385 g/mol. The van der Waals surface area contributed by atoms with Crippen LogP contribution in [-0.2, 0) is 20.9 Å². The predicted molar refractivity (Wildman–Crippen MR) is 102 cm³/mol. The van der Waals surface area contributed by atoms with Crippen molar-refractivity contribution < 1.29 is 24.2 Å². The van der Waals surface area contributed by atoms with Gasteiger partial charge in [0.2, 0.25) is 0 Å². The summed E-state index contributed by atoms with van der Waals surface area (Å²) in [5.41, 5.74) is 0.900. The largest absolute Gasteiger partial charge is 0.480 e. The van der Waals surface area contributed by atoms with Crippen LogP contribution < -0.4 is 5.32 Å². The zero-order chi connectivity index (χ0) is 19.8. The zero-order valence-electron chi connectivity index (χ0n) is 15.4. The highest BCUT2D eigenvalue weighted by molar-refractivity contribution is 5.69. The Morgan fingerprint density at radius 1 is 1.18 bits per heavy atom. The van der Waals surface area contributed by atoms with Crippen LogP contribution in [0.4, 0.5) is 10.6 Å². The molecule has 1 unspecified atom stereocenters. The van der Waals surface area contributed by atoms with Gasteiger partial charge < -0.3 is 24.8 Å². The van der Waals surface area contributed by atoms with E-state index in [0.29, 0.717) is 18.8 Å². The second-order valence-electron chi connectivity index (χ2n) is 6.50. The summed E-state index contributed by atoms with van der Waals surface area (Å²) in [5.74, 6) is -0.330. The van der Waals surface area contributed by atoms with E-state index in [1.807, 2.05) is 48.5 Å². The van der Waals surface area contributed by atoms with Gasteiger partial charge >= 0.3 is 12.1 Å². The van der Waals surface area contributed by atoms with Gasteiger partial charge in [0.15, 0.2) is 0 Å². The number of ether oxygens (including phenoxy) is 2. The fraction of sp³-hybridized carbons (Fsp3) is 0.350. The number of hydrogen-bond donors (Lipinski definition) is 2. The Labute approximate surface area is 163 Å². The molecule has 3 rings (SSSR count). The zero-order valence-corrected chi connectivity index (χ0v) is 15.4. The molecule has 8 heteroatoms. The number of carbonyl (C=O) groups excluding carboxylic acids is 1. The summed E-state index contributed by atoms with van der Waals surface area (Å²) in [6.07, 6.45) is 1.41. The van der Waals surface area contributed by atoms with Gasteiger partial charge in [0, 0.05) is 12.7 Å². The molecule has 2 aromatic rings. The number of likely N-dealkylation sites (tertiary alicyclic amines) is 1. The Hall–Kier alpha value is -3.13. The molecular formula is C20H23N3O5. The predicted octanol–water partition coefficient (Wildman–Crippen LogP) is 2.37. The Morgan fingerprint density at radius 3 is 2.68 bits per heavy atom. The van der Waals surface area contributed by atoms with E-state index in [0.717, 1.165) is 5.56 Å². The van der Waals surface area contributed by atoms with Crippen molar-refractivity contribution in [2.24, 2.45) is 0 Å². The number of anilines is 1. The molecule has 1 aliphatic heterocycles. The number of rotatable bonds is 8. The quantitative estimate of drug-likeness (QED) is 0.719. The van der Waals surface area contributed by atoms with Gasteiger partial charge in [-0.3, -0.25) is 0 Å². The van der Waals surface area contributed by atoms with Crippen molar-refractivity contribution in [2.45, 2.75) is 25.2 Å². The third-order valence-electron chi connectivity index (χ3n) is 4.44. The Kier molecular flexibility index (Phi) is 6.80. The fourth-order valence-electron chi connectivity index (χ4n) is 3.09. The number of carboxylic acid groups (broad SMARTS) is 1. The van der Waals surface area contributed by atoms with Gasteiger partial charge in [-0.2, -0.15) is 0 Å². The molecule has 0 bridgehead atoms. The van der Waals surface area contributed by atoms with Gasteiger partial charge in [-0.25, -0.2) is 14.6 Å². The molecule has 1 amide bonds.